The lowest BCUT2D eigenvalue weighted by atomic mass is 9.78. The summed E-state index contributed by atoms with van der Waals surface area (Å²) < 4.78 is 41.4. The van der Waals surface area contributed by atoms with Gasteiger partial charge in [0.05, 0.1) is 17.3 Å². The highest BCUT2D eigenvalue weighted by atomic mass is 19.3. The monoisotopic (exact) mass is 389 g/mol. The molecule has 2 aliphatic carbocycles. The van der Waals surface area contributed by atoms with Gasteiger partial charge in [0.25, 0.3) is 0 Å². The van der Waals surface area contributed by atoms with Gasteiger partial charge in [-0.1, -0.05) is 0 Å². The first-order chi connectivity index (χ1) is 12.3. The van der Waals surface area contributed by atoms with Gasteiger partial charge in [0, 0.05) is 11.8 Å². The molecule has 2 saturated carbocycles. The lowest BCUT2D eigenvalue weighted by molar-refractivity contribution is -0.331. The first-order valence-electron chi connectivity index (χ1n) is 8.52. The highest BCUT2D eigenvalue weighted by Gasteiger charge is 2.70. The van der Waals surface area contributed by atoms with Gasteiger partial charge in [0.2, 0.25) is 0 Å². The molecule has 8 nitrogen and oxygen atoms in total. The van der Waals surface area contributed by atoms with Gasteiger partial charge in [-0.2, -0.15) is 8.78 Å². The third-order valence-electron chi connectivity index (χ3n) is 5.37. The van der Waals surface area contributed by atoms with Crippen LogP contribution >= 0.6 is 0 Å². The average molecular weight is 389 g/mol. The summed E-state index contributed by atoms with van der Waals surface area (Å²) in [4.78, 5) is 47.0. The van der Waals surface area contributed by atoms with Crippen molar-refractivity contribution in [3.05, 3.63) is 0 Å². The van der Waals surface area contributed by atoms with Crippen molar-refractivity contribution in [2.24, 2.45) is 29.1 Å². The van der Waals surface area contributed by atoms with Crippen LogP contribution in [0.25, 0.3) is 0 Å². The van der Waals surface area contributed by atoms with E-state index in [0.29, 0.717) is 6.42 Å². The molecule has 3 fully saturated rings. The van der Waals surface area contributed by atoms with Crippen LogP contribution in [0.2, 0.25) is 0 Å². The number of hydrogen-bond donors (Lipinski definition) is 0. The quantitative estimate of drug-likeness (QED) is 0.464. The first kappa shape index (κ1) is 19.5. The van der Waals surface area contributed by atoms with E-state index in [9.17, 15) is 33.1 Å². The summed E-state index contributed by atoms with van der Waals surface area (Å²) in [6, 6.07) is 0. The molecule has 6 unspecified atom stereocenters. The molecule has 0 radical (unpaired) electrons. The summed E-state index contributed by atoms with van der Waals surface area (Å²) in [6.45, 7) is 3.22. The lowest BCUT2D eigenvalue weighted by Gasteiger charge is -2.32. The fraction of sp³-hybridized carbons (Fsp3) is 0.765. The highest BCUT2D eigenvalue weighted by Crippen LogP contribution is 2.59. The van der Waals surface area contributed by atoms with Crippen LogP contribution in [0.5, 0.6) is 0 Å². The Bertz CT molecular complexity index is 698. The van der Waals surface area contributed by atoms with Crippen LogP contribution in [0.1, 0.15) is 27.2 Å². The van der Waals surface area contributed by atoms with Crippen LogP contribution in [0.15, 0.2) is 0 Å². The summed E-state index contributed by atoms with van der Waals surface area (Å²) in [6.07, 6.45) is -1.20. The number of esters is 3. The van der Waals surface area contributed by atoms with Crippen molar-refractivity contribution < 1.29 is 47.3 Å². The van der Waals surface area contributed by atoms with Crippen LogP contribution in [0.4, 0.5) is 8.78 Å². The SMILES string of the molecule is CC(C)(C)C(=O)OC1C2CC3C1OC(=O)C3C2C(=O)OCC(F)(F)C(=O)[O-]. The van der Waals surface area contributed by atoms with E-state index >= 15 is 0 Å². The third kappa shape index (κ3) is 3.14. The normalized spacial score (nSPS) is 34.3. The van der Waals surface area contributed by atoms with Crippen molar-refractivity contribution in [2.45, 2.75) is 45.3 Å². The zero-order chi connectivity index (χ0) is 20.3. The second kappa shape index (κ2) is 6.13. The number of alkyl halides is 2. The van der Waals surface area contributed by atoms with Gasteiger partial charge in [-0.25, -0.2) is 0 Å². The Hall–Kier alpha value is -2.26. The Kier molecular flexibility index (Phi) is 4.43. The lowest BCUT2D eigenvalue weighted by Crippen LogP contribution is -2.48. The Morgan fingerprint density at radius 2 is 1.85 bits per heavy atom. The van der Waals surface area contributed by atoms with E-state index < -0.39 is 71.8 Å². The summed E-state index contributed by atoms with van der Waals surface area (Å²) in [5, 5.41) is 10.3. The summed E-state index contributed by atoms with van der Waals surface area (Å²) >= 11 is 0. The van der Waals surface area contributed by atoms with Gasteiger partial charge in [0.15, 0.2) is 6.61 Å². The molecule has 27 heavy (non-hydrogen) atoms. The number of fused-ring (bicyclic) bond motifs is 1. The Balaban J connectivity index is 1.76. The average Bonchev–Trinajstić information content (AvgIpc) is 3.14. The number of rotatable bonds is 5. The maximum Gasteiger partial charge on any atom is 0.320 e. The molecule has 3 aliphatic rings. The van der Waals surface area contributed by atoms with E-state index in [4.69, 9.17) is 9.47 Å². The second-order valence-corrected chi connectivity index (χ2v) is 8.24. The van der Waals surface area contributed by atoms with Crippen molar-refractivity contribution in [3.63, 3.8) is 0 Å². The minimum absolute atomic E-state index is 0.347. The minimum atomic E-state index is -4.34. The molecule has 1 aliphatic heterocycles. The van der Waals surface area contributed by atoms with Crippen molar-refractivity contribution in [2.75, 3.05) is 6.61 Å². The predicted molar refractivity (Wildman–Crippen MR) is 78.7 cm³/mol. The first-order valence-corrected chi connectivity index (χ1v) is 8.52. The predicted octanol–water partition coefficient (Wildman–Crippen LogP) is -0.320. The zero-order valence-corrected chi connectivity index (χ0v) is 14.9. The van der Waals surface area contributed by atoms with Crippen LogP contribution in [-0.2, 0) is 33.4 Å². The van der Waals surface area contributed by atoms with Crippen molar-refractivity contribution in [1.82, 2.24) is 0 Å². The van der Waals surface area contributed by atoms with Gasteiger partial charge in [-0.15, -0.1) is 0 Å². The number of ether oxygens (including phenoxy) is 3. The van der Waals surface area contributed by atoms with Crippen LogP contribution < -0.4 is 5.11 Å². The molecule has 0 aromatic heterocycles. The molecule has 0 amide bonds. The van der Waals surface area contributed by atoms with E-state index in [0.717, 1.165) is 0 Å². The number of halogens is 2. The molecule has 6 atom stereocenters. The Morgan fingerprint density at radius 1 is 1.22 bits per heavy atom. The molecular formula is C17H19F2O8-. The van der Waals surface area contributed by atoms with Gasteiger partial charge in [-0.05, 0) is 27.2 Å². The smallest absolute Gasteiger partial charge is 0.320 e. The molecule has 0 N–H and O–H groups in total. The standard InChI is InChI=1S/C17H20F2O8/c1-16(2,3)15(24)27-11-6-4-7-9(13(21)26-10(7)11)8(6)12(20)25-5-17(18,19)14(22)23/h6-11H,4-5H2,1-3H3,(H,22,23)/p-1. The van der Waals surface area contributed by atoms with Gasteiger partial charge < -0.3 is 24.1 Å². The van der Waals surface area contributed by atoms with E-state index in [1.165, 1.54) is 0 Å². The molecule has 0 aromatic carbocycles. The zero-order valence-electron chi connectivity index (χ0n) is 14.9. The van der Waals surface area contributed by atoms with E-state index in [2.05, 4.69) is 4.74 Å². The van der Waals surface area contributed by atoms with Crippen molar-refractivity contribution in [1.29, 1.82) is 0 Å². The molecule has 3 rings (SSSR count). The summed E-state index contributed by atoms with van der Waals surface area (Å²) in [5.41, 5.74) is -0.823. The molecular weight excluding hydrogens is 370 g/mol. The third-order valence-corrected chi connectivity index (χ3v) is 5.37. The number of carbonyl (C=O) groups excluding carboxylic acids is 4. The van der Waals surface area contributed by atoms with Crippen molar-refractivity contribution in [3.8, 4) is 0 Å². The Labute approximate surface area is 153 Å². The summed E-state index contributed by atoms with van der Waals surface area (Å²) in [5.74, 6) is -12.4. The van der Waals surface area contributed by atoms with E-state index in [1.54, 1.807) is 20.8 Å². The fourth-order valence-corrected chi connectivity index (χ4v) is 4.09. The maximum absolute atomic E-state index is 13.1. The van der Waals surface area contributed by atoms with Crippen LogP contribution in [0.3, 0.4) is 0 Å². The highest BCUT2D eigenvalue weighted by molar-refractivity contribution is 5.86. The molecule has 0 aromatic rings. The Morgan fingerprint density at radius 3 is 2.41 bits per heavy atom. The number of hydrogen-bond acceptors (Lipinski definition) is 8. The fourth-order valence-electron chi connectivity index (χ4n) is 4.09. The van der Waals surface area contributed by atoms with E-state index in [1.807, 2.05) is 0 Å². The number of carbonyl (C=O) groups is 4. The molecule has 10 heteroatoms. The molecule has 150 valence electrons. The van der Waals surface area contributed by atoms with Crippen LogP contribution in [0, 0.1) is 29.1 Å². The number of aliphatic carboxylic acids is 1. The number of carboxylic acid groups (broad SMARTS) is 1. The summed E-state index contributed by atoms with van der Waals surface area (Å²) in [7, 11) is 0. The van der Waals surface area contributed by atoms with Gasteiger partial charge >= 0.3 is 23.8 Å². The molecule has 2 bridgehead atoms. The molecule has 1 heterocycles. The largest absolute Gasteiger partial charge is 0.544 e. The number of carboxylic acids is 1. The van der Waals surface area contributed by atoms with E-state index in [-0.39, 0.29) is 5.92 Å². The van der Waals surface area contributed by atoms with Crippen molar-refractivity contribution >= 4 is 23.9 Å². The van der Waals surface area contributed by atoms with Gasteiger partial charge in [-0.3, -0.25) is 14.4 Å². The minimum Gasteiger partial charge on any atom is -0.544 e. The van der Waals surface area contributed by atoms with Gasteiger partial charge in [0.1, 0.15) is 18.2 Å². The molecule has 0 spiro atoms. The van der Waals surface area contributed by atoms with Crippen LogP contribution in [-0.4, -0.2) is 48.6 Å². The topological polar surface area (TPSA) is 119 Å². The second-order valence-electron chi connectivity index (χ2n) is 8.24. The maximum atomic E-state index is 13.1. The molecule has 1 saturated heterocycles.